The Bertz CT molecular complexity index is 351. The van der Waals surface area contributed by atoms with E-state index >= 15 is 0 Å². The van der Waals surface area contributed by atoms with Gasteiger partial charge in [0.05, 0.1) is 0 Å². The van der Waals surface area contributed by atoms with Crippen LogP contribution in [-0.4, -0.2) is 49.5 Å². The monoisotopic (exact) mass is 266 g/mol. The lowest BCUT2D eigenvalue weighted by molar-refractivity contribution is -0.162. The molecule has 0 saturated carbocycles. The van der Waals surface area contributed by atoms with Crippen LogP contribution in [0.2, 0.25) is 0 Å². The van der Waals surface area contributed by atoms with Gasteiger partial charge in [-0.2, -0.15) is 0 Å². The van der Waals surface area contributed by atoms with Crippen molar-refractivity contribution in [3.05, 3.63) is 0 Å². The Kier molecular flexibility index (Phi) is 5.03. The third-order valence-corrected chi connectivity index (χ3v) is 3.03. The number of hydrogen-bond donors (Lipinski definition) is 4. The fourth-order valence-electron chi connectivity index (χ4n) is 1.23. The largest absolute Gasteiger partial charge is 0.481 e. The summed E-state index contributed by atoms with van der Waals surface area (Å²) in [4.78, 5) is 42.7. The Morgan fingerprint density at radius 3 is 1.65 bits per heavy atom. The second-order valence-corrected chi connectivity index (χ2v) is 4.38. The fourth-order valence-corrected chi connectivity index (χ4v) is 1.66. The Balaban J connectivity index is 5.29. The first kappa shape index (κ1) is 15.3. The van der Waals surface area contributed by atoms with Crippen LogP contribution in [0, 0.1) is 5.92 Å². The molecule has 0 radical (unpaired) electrons. The van der Waals surface area contributed by atoms with Gasteiger partial charge in [0.1, 0.15) is 5.16 Å². The summed E-state index contributed by atoms with van der Waals surface area (Å²) in [5.41, 5.74) is 0. The molecule has 0 aromatic carbocycles. The van der Waals surface area contributed by atoms with Gasteiger partial charge in [0.15, 0.2) is 5.92 Å². The van der Waals surface area contributed by atoms with Crippen molar-refractivity contribution in [2.75, 3.05) is 0 Å². The van der Waals surface area contributed by atoms with Crippen LogP contribution in [0.25, 0.3) is 0 Å². The van der Waals surface area contributed by atoms with Crippen LogP contribution in [0.4, 0.5) is 0 Å². The molecule has 0 aliphatic heterocycles. The molecule has 9 heteroatoms. The number of aliphatic carboxylic acids is 4. The molecule has 2 unspecified atom stereocenters. The minimum Gasteiger partial charge on any atom is -0.481 e. The number of carbonyl (C=O) groups is 4. The van der Waals surface area contributed by atoms with E-state index in [1.165, 1.54) is 0 Å². The lowest BCUT2D eigenvalue weighted by Crippen LogP contribution is -2.48. The van der Waals surface area contributed by atoms with Gasteiger partial charge in [-0.15, -0.1) is 9.24 Å². The van der Waals surface area contributed by atoms with Gasteiger partial charge in [-0.3, -0.25) is 19.2 Å². The standard InChI is InChI=1S/C8H11O8P/c9-3(10)1-2-8(17,7(15)16)4(5(11)12)6(13)14/h4H,1-2,17H2,(H,9,10)(H,11,12)(H,13,14)(H,15,16). The molecule has 17 heavy (non-hydrogen) atoms. The average molecular weight is 266 g/mol. The van der Waals surface area contributed by atoms with Crippen molar-refractivity contribution in [2.45, 2.75) is 18.0 Å². The smallest absolute Gasteiger partial charge is 0.319 e. The predicted octanol–water partition coefficient (Wildman–Crippen LogP) is -0.665. The first-order chi connectivity index (χ1) is 7.62. The van der Waals surface area contributed by atoms with Crippen LogP contribution in [0.1, 0.15) is 12.8 Å². The topological polar surface area (TPSA) is 149 Å². The molecule has 2 atom stereocenters. The Morgan fingerprint density at radius 2 is 1.41 bits per heavy atom. The summed E-state index contributed by atoms with van der Waals surface area (Å²) in [5, 5.41) is 32.4. The Hall–Kier alpha value is -1.69. The molecule has 0 aliphatic rings. The van der Waals surface area contributed by atoms with Crippen molar-refractivity contribution in [1.82, 2.24) is 0 Å². The molecular formula is C8H11O8P. The highest BCUT2D eigenvalue weighted by Gasteiger charge is 2.50. The van der Waals surface area contributed by atoms with Crippen LogP contribution >= 0.6 is 9.24 Å². The number of hydrogen-bond acceptors (Lipinski definition) is 4. The first-order valence-corrected chi connectivity index (χ1v) is 4.90. The fraction of sp³-hybridized carbons (Fsp3) is 0.500. The Labute approximate surface area is 97.4 Å². The molecule has 96 valence electrons. The Morgan fingerprint density at radius 1 is 1.00 bits per heavy atom. The van der Waals surface area contributed by atoms with E-state index in [9.17, 15) is 19.2 Å². The minimum absolute atomic E-state index is 0.619. The van der Waals surface area contributed by atoms with Gasteiger partial charge in [-0.1, -0.05) is 0 Å². The lowest BCUT2D eigenvalue weighted by atomic mass is 9.87. The SMILES string of the molecule is O=C(O)CCC(P)(C(=O)O)C(C(=O)O)C(=O)O. The highest BCUT2D eigenvalue weighted by Crippen LogP contribution is 2.34. The van der Waals surface area contributed by atoms with Gasteiger partial charge < -0.3 is 20.4 Å². The van der Waals surface area contributed by atoms with Crippen LogP contribution < -0.4 is 0 Å². The van der Waals surface area contributed by atoms with E-state index in [1.54, 1.807) is 9.24 Å². The number of carboxylic acid groups (broad SMARTS) is 4. The molecule has 0 aromatic heterocycles. The maximum Gasteiger partial charge on any atom is 0.319 e. The maximum absolute atomic E-state index is 10.9. The van der Waals surface area contributed by atoms with Crippen molar-refractivity contribution in [2.24, 2.45) is 5.92 Å². The molecule has 0 aromatic rings. The van der Waals surface area contributed by atoms with E-state index < -0.39 is 47.8 Å². The van der Waals surface area contributed by atoms with E-state index in [0.717, 1.165) is 0 Å². The molecule has 4 N–H and O–H groups in total. The molecule has 0 saturated heterocycles. The molecule has 8 nitrogen and oxygen atoms in total. The van der Waals surface area contributed by atoms with E-state index in [4.69, 9.17) is 20.4 Å². The molecule has 0 amide bonds. The van der Waals surface area contributed by atoms with Crippen molar-refractivity contribution in [1.29, 1.82) is 0 Å². The van der Waals surface area contributed by atoms with Gasteiger partial charge in [0.25, 0.3) is 0 Å². The molecule has 0 fully saturated rings. The van der Waals surface area contributed by atoms with Gasteiger partial charge >= 0.3 is 23.9 Å². The predicted molar refractivity (Wildman–Crippen MR) is 55.7 cm³/mol. The first-order valence-electron chi connectivity index (χ1n) is 4.32. The summed E-state index contributed by atoms with van der Waals surface area (Å²) in [6, 6.07) is 0. The highest BCUT2D eigenvalue weighted by molar-refractivity contribution is 7.21. The van der Waals surface area contributed by atoms with Crippen LogP contribution in [0.3, 0.4) is 0 Å². The second kappa shape index (κ2) is 5.58. The number of carboxylic acids is 4. The van der Waals surface area contributed by atoms with E-state index in [0.29, 0.717) is 0 Å². The minimum atomic E-state index is -2.25. The molecule has 0 heterocycles. The summed E-state index contributed by atoms with van der Waals surface area (Å²) in [6.07, 6.45) is -1.27. The summed E-state index contributed by atoms with van der Waals surface area (Å²) >= 11 is 0. The zero-order valence-corrected chi connectivity index (χ0v) is 9.65. The van der Waals surface area contributed by atoms with Crippen molar-refractivity contribution in [3.8, 4) is 0 Å². The zero-order valence-electron chi connectivity index (χ0n) is 8.49. The molecular weight excluding hydrogens is 255 g/mol. The summed E-state index contributed by atoms with van der Waals surface area (Å²) < 4.78 is 0. The normalized spacial score (nSPS) is 14.0. The van der Waals surface area contributed by atoms with Crippen molar-refractivity contribution in [3.63, 3.8) is 0 Å². The van der Waals surface area contributed by atoms with Crippen molar-refractivity contribution < 1.29 is 39.6 Å². The van der Waals surface area contributed by atoms with E-state index in [2.05, 4.69) is 0 Å². The van der Waals surface area contributed by atoms with Gasteiger partial charge in [0, 0.05) is 6.42 Å². The highest BCUT2D eigenvalue weighted by atomic mass is 31.0. The van der Waals surface area contributed by atoms with E-state index in [-0.39, 0.29) is 0 Å². The zero-order chi connectivity index (χ0) is 13.8. The molecule has 0 spiro atoms. The third kappa shape index (κ3) is 3.67. The van der Waals surface area contributed by atoms with Crippen LogP contribution in [0.5, 0.6) is 0 Å². The maximum atomic E-state index is 10.9. The van der Waals surface area contributed by atoms with Gasteiger partial charge in [-0.25, -0.2) is 0 Å². The van der Waals surface area contributed by atoms with Gasteiger partial charge in [0.2, 0.25) is 0 Å². The number of rotatable bonds is 7. The molecule has 0 rings (SSSR count). The molecule has 0 bridgehead atoms. The summed E-state index contributed by atoms with van der Waals surface area (Å²) in [5.74, 6) is -8.93. The lowest BCUT2D eigenvalue weighted by Gasteiger charge is -2.27. The van der Waals surface area contributed by atoms with Crippen LogP contribution in [0.15, 0.2) is 0 Å². The van der Waals surface area contributed by atoms with E-state index in [1.807, 2.05) is 0 Å². The third-order valence-electron chi connectivity index (χ3n) is 2.16. The van der Waals surface area contributed by atoms with Gasteiger partial charge in [-0.05, 0) is 6.42 Å². The summed E-state index contributed by atoms with van der Waals surface area (Å²) in [7, 11) is 1.63. The molecule has 0 aliphatic carbocycles. The summed E-state index contributed by atoms with van der Waals surface area (Å²) in [6.45, 7) is 0. The second-order valence-electron chi connectivity index (χ2n) is 3.35. The van der Waals surface area contributed by atoms with Crippen LogP contribution in [-0.2, 0) is 19.2 Å². The average Bonchev–Trinajstić information content (AvgIpc) is 2.13. The van der Waals surface area contributed by atoms with Crippen molar-refractivity contribution >= 4 is 33.1 Å². The quantitative estimate of drug-likeness (QED) is 0.350.